The van der Waals surface area contributed by atoms with Gasteiger partial charge in [0.15, 0.2) is 0 Å². The second kappa shape index (κ2) is 8.93. The zero-order valence-corrected chi connectivity index (χ0v) is 16.1. The average molecular weight is 391 g/mol. The summed E-state index contributed by atoms with van der Waals surface area (Å²) in [5.74, 6) is -0.650. The van der Waals surface area contributed by atoms with Gasteiger partial charge in [0.05, 0.1) is 18.4 Å². The van der Waals surface area contributed by atoms with Gasteiger partial charge in [-0.1, -0.05) is 36.4 Å². The molecule has 148 valence electrons. The van der Waals surface area contributed by atoms with Gasteiger partial charge in [0.25, 0.3) is 5.91 Å². The van der Waals surface area contributed by atoms with E-state index in [1.807, 2.05) is 19.1 Å². The number of phenolic OH excluding ortho intramolecular Hbond substituents is 1. The number of nitrogens with one attached hydrogen (secondary N) is 1. The lowest BCUT2D eigenvalue weighted by atomic mass is 10.1. The Morgan fingerprint density at radius 3 is 2.31 bits per heavy atom. The molecule has 3 rings (SSSR count). The molecule has 6 nitrogen and oxygen atoms in total. The van der Waals surface area contributed by atoms with E-state index in [2.05, 4.69) is 5.32 Å². The number of benzene rings is 3. The smallest absolute Gasteiger partial charge is 0.339 e. The first-order valence-corrected chi connectivity index (χ1v) is 8.98. The van der Waals surface area contributed by atoms with Crippen molar-refractivity contribution < 1.29 is 24.2 Å². The molecule has 1 atom stereocenters. The third-order valence-corrected chi connectivity index (χ3v) is 4.28. The number of carbonyl (C=O) groups is 2. The minimum Gasteiger partial charge on any atom is -0.508 e. The Balaban J connectivity index is 1.88. The number of phenols is 1. The Bertz CT molecular complexity index is 1000. The van der Waals surface area contributed by atoms with E-state index < -0.39 is 18.0 Å². The van der Waals surface area contributed by atoms with Gasteiger partial charge in [-0.05, 0) is 48.9 Å². The molecule has 0 aliphatic carbocycles. The topological polar surface area (TPSA) is 84.9 Å². The highest BCUT2D eigenvalue weighted by Crippen LogP contribution is 2.28. The maximum absolute atomic E-state index is 13.0. The number of hydrogen-bond acceptors (Lipinski definition) is 5. The van der Waals surface area contributed by atoms with Gasteiger partial charge < -0.3 is 19.9 Å². The Hall–Kier alpha value is -3.80. The fourth-order valence-corrected chi connectivity index (χ4v) is 2.79. The molecule has 2 N–H and O–H groups in total. The molecule has 0 spiro atoms. The van der Waals surface area contributed by atoms with E-state index in [0.717, 1.165) is 5.56 Å². The summed E-state index contributed by atoms with van der Waals surface area (Å²) in [5.41, 5.74) is 2.19. The van der Waals surface area contributed by atoms with Crippen molar-refractivity contribution in [1.82, 2.24) is 0 Å². The fraction of sp³-hybridized carbons (Fsp3) is 0.130. The molecule has 1 unspecified atom stereocenters. The first kappa shape index (κ1) is 19.9. The number of aromatic hydroxyl groups is 1. The second-order valence-electron chi connectivity index (χ2n) is 6.44. The summed E-state index contributed by atoms with van der Waals surface area (Å²) >= 11 is 0. The molecule has 29 heavy (non-hydrogen) atoms. The molecule has 0 saturated heterocycles. The van der Waals surface area contributed by atoms with Crippen molar-refractivity contribution in [2.75, 3.05) is 12.4 Å². The van der Waals surface area contributed by atoms with Gasteiger partial charge in [-0.2, -0.15) is 0 Å². The molecule has 0 aromatic heterocycles. The number of esters is 1. The number of amides is 1. The molecular formula is C23H21NO5. The minimum atomic E-state index is -1.16. The van der Waals surface area contributed by atoms with Crippen LogP contribution in [0.3, 0.4) is 0 Å². The summed E-state index contributed by atoms with van der Waals surface area (Å²) in [6.07, 6.45) is -1.16. The van der Waals surface area contributed by atoms with Crippen LogP contribution in [0.5, 0.6) is 11.5 Å². The Kier molecular flexibility index (Phi) is 6.14. The number of anilines is 1. The van der Waals surface area contributed by atoms with Gasteiger partial charge in [-0.25, -0.2) is 4.79 Å². The first-order chi connectivity index (χ1) is 14.0. The lowest BCUT2D eigenvalue weighted by molar-refractivity contribution is -0.125. The van der Waals surface area contributed by atoms with Crippen LogP contribution in [0.4, 0.5) is 5.69 Å². The molecule has 0 aliphatic heterocycles. The van der Waals surface area contributed by atoms with E-state index in [0.29, 0.717) is 17.0 Å². The highest BCUT2D eigenvalue weighted by atomic mass is 16.5. The third-order valence-electron chi connectivity index (χ3n) is 4.28. The van der Waals surface area contributed by atoms with Gasteiger partial charge in [0.1, 0.15) is 11.5 Å². The number of aryl methyl sites for hydroxylation is 1. The zero-order chi connectivity index (χ0) is 20.8. The van der Waals surface area contributed by atoms with Crippen molar-refractivity contribution >= 4 is 17.6 Å². The van der Waals surface area contributed by atoms with Gasteiger partial charge in [0.2, 0.25) is 6.10 Å². The number of hydrogen-bond donors (Lipinski definition) is 2. The molecule has 0 aliphatic rings. The second-order valence-corrected chi connectivity index (χ2v) is 6.44. The molecule has 3 aromatic carbocycles. The van der Waals surface area contributed by atoms with Gasteiger partial charge in [-0.15, -0.1) is 0 Å². The van der Waals surface area contributed by atoms with Crippen molar-refractivity contribution in [3.63, 3.8) is 0 Å². The highest BCUT2D eigenvalue weighted by molar-refractivity contribution is 5.99. The highest BCUT2D eigenvalue weighted by Gasteiger charge is 2.26. The molecular weight excluding hydrogens is 370 g/mol. The normalized spacial score (nSPS) is 11.4. The summed E-state index contributed by atoms with van der Waals surface area (Å²) in [6, 6.07) is 19.8. The van der Waals surface area contributed by atoms with Gasteiger partial charge >= 0.3 is 5.97 Å². The SMILES string of the molecule is COc1ccc(C)cc1NC(=O)C(OC(=O)c1ccc(O)cc1)c1ccccc1. The average Bonchev–Trinajstić information content (AvgIpc) is 2.73. The van der Waals surface area contributed by atoms with Crippen molar-refractivity contribution in [3.05, 3.63) is 89.5 Å². The molecule has 3 aromatic rings. The van der Waals surface area contributed by atoms with E-state index in [4.69, 9.17) is 9.47 Å². The lowest BCUT2D eigenvalue weighted by Gasteiger charge is -2.19. The zero-order valence-electron chi connectivity index (χ0n) is 16.1. The van der Waals surface area contributed by atoms with Gasteiger partial charge in [-0.3, -0.25) is 4.79 Å². The van der Waals surface area contributed by atoms with Crippen LogP contribution in [0, 0.1) is 6.92 Å². The van der Waals surface area contributed by atoms with Crippen LogP contribution in [-0.4, -0.2) is 24.1 Å². The monoisotopic (exact) mass is 391 g/mol. The standard InChI is InChI=1S/C23H21NO5/c1-15-8-13-20(28-2)19(14-15)24-22(26)21(16-6-4-3-5-7-16)29-23(27)17-9-11-18(25)12-10-17/h3-14,21,25H,1-2H3,(H,24,26). The van der Waals surface area contributed by atoms with Crippen molar-refractivity contribution in [2.24, 2.45) is 0 Å². The molecule has 6 heteroatoms. The fourth-order valence-electron chi connectivity index (χ4n) is 2.79. The number of rotatable bonds is 6. The van der Waals surface area contributed by atoms with E-state index in [1.54, 1.807) is 36.4 Å². The predicted octanol–water partition coefficient (Wildman–Crippen LogP) is 4.25. The van der Waals surface area contributed by atoms with Crippen LogP contribution in [0.25, 0.3) is 0 Å². The minimum absolute atomic E-state index is 0.0328. The molecule has 0 fully saturated rings. The van der Waals surface area contributed by atoms with Crippen LogP contribution in [0.2, 0.25) is 0 Å². The maximum Gasteiger partial charge on any atom is 0.339 e. The Morgan fingerprint density at radius 1 is 0.966 bits per heavy atom. The van der Waals surface area contributed by atoms with E-state index in [-0.39, 0.29) is 11.3 Å². The lowest BCUT2D eigenvalue weighted by Crippen LogP contribution is -2.26. The molecule has 1 amide bonds. The van der Waals surface area contributed by atoms with Crippen molar-refractivity contribution in [2.45, 2.75) is 13.0 Å². The Morgan fingerprint density at radius 2 is 1.66 bits per heavy atom. The quantitative estimate of drug-likeness (QED) is 0.614. The van der Waals surface area contributed by atoms with E-state index >= 15 is 0 Å². The van der Waals surface area contributed by atoms with E-state index in [1.165, 1.54) is 31.4 Å². The van der Waals surface area contributed by atoms with Crippen LogP contribution < -0.4 is 10.1 Å². The summed E-state index contributed by atoms with van der Waals surface area (Å²) < 4.78 is 10.8. The Labute approximate surface area is 168 Å². The van der Waals surface area contributed by atoms with E-state index in [9.17, 15) is 14.7 Å². The van der Waals surface area contributed by atoms with Crippen LogP contribution in [-0.2, 0) is 9.53 Å². The van der Waals surface area contributed by atoms with Gasteiger partial charge in [0, 0.05) is 5.56 Å². The summed E-state index contributed by atoms with van der Waals surface area (Å²) in [6.45, 7) is 1.90. The summed E-state index contributed by atoms with van der Waals surface area (Å²) in [5, 5.41) is 12.2. The van der Waals surface area contributed by atoms with Crippen LogP contribution in [0.1, 0.15) is 27.6 Å². The van der Waals surface area contributed by atoms with Crippen LogP contribution >= 0.6 is 0 Å². The molecule has 0 radical (unpaired) electrons. The number of carbonyl (C=O) groups excluding carboxylic acids is 2. The van der Waals surface area contributed by atoms with Crippen molar-refractivity contribution in [1.29, 1.82) is 0 Å². The molecule has 0 heterocycles. The first-order valence-electron chi connectivity index (χ1n) is 8.98. The van der Waals surface area contributed by atoms with Crippen LogP contribution in [0.15, 0.2) is 72.8 Å². The summed E-state index contributed by atoms with van der Waals surface area (Å²) in [4.78, 5) is 25.6. The molecule has 0 bridgehead atoms. The number of methoxy groups -OCH3 is 1. The predicted molar refractivity (Wildman–Crippen MR) is 109 cm³/mol. The number of ether oxygens (including phenoxy) is 2. The largest absolute Gasteiger partial charge is 0.508 e. The summed E-state index contributed by atoms with van der Waals surface area (Å²) in [7, 11) is 1.51. The third kappa shape index (κ3) is 4.93. The molecule has 0 saturated carbocycles. The van der Waals surface area contributed by atoms with Crippen molar-refractivity contribution in [3.8, 4) is 11.5 Å². The maximum atomic E-state index is 13.0.